The molecular formula is C17H18ClNO3S. The van der Waals surface area contributed by atoms with Gasteiger partial charge in [0, 0.05) is 21.9 Å². The van der Waals surface area contributed by atoms with Crippen LogP contribution in [0.3, 0.4) is 0 Å². The Labute approximate surface area is 144 Å². The summed E-state index contributed by atoms with van der Waals surface area (Å²) in [7, 11) is 0. The van der Waals surface area contributed by atoms with Gasteiger partial charge in [-0.25, -0.2) is 4.79 Å². The maximum Gasteiger partial charge on any atom is 0.341 e. The molecule has 0 atom stereocenters. The molecule has 122 valence electrons. The third-order valence-corrected chi connectivity index (χ3v) is 4.54. The highest BCUT2D eigenvalue weighted by Gasteiger charge is 2.25. The first-order valence-electron chi connectivity index (χ1n) is 7.34. The number of thiophene rings is 1. The van der Waals surface area contributed by atoms with Gasteiger partial charge in [-0.3, -0.25) is 4.79 Å². The van der Waals surface area contributed by atoms with Crippen molar-refractivity contribution >= 4 is 39.8 Å². The molecule has 1 heterocycles. The van der Waals surface area contributed by atoms with Crippen LogP contribution in [-0.4, -0.2) is 18.5 Å². The smallest absolute Gasteiger partial charge is 0.341 e. The van der Waals surface area contributed by atoms with E-state index in [0.29, 0.717) is 22.0 Å². The fourth-order valence-electron chi connectivity index (χ4n) is 2.21. The second-order valence-corrected chi connectivity index (χ2v) is 6.53. The molecule has 0 spiro atoms. The molecule has 1 N–H and O–H groups in total. The Bertz CT molecular complexity index is 722. The number of aryl methyl sites for hydroxylation is 1. The largest absolute Gasteiger partial charge is 0.462 e. The van der Waals surface area contributed by atoms with Gasteiger partial charge in [0.25, 0.3) is 0 Å². The highest BCUT2D eigenvalue weighted by molar-refractivity contribution is 7.17. The number of nitrogens with one attached hydrogen (secondary N) is 1. The van der Waals surface area contributed by atoms with E-state index in [2.05, 4.69) is 5.32 Å². The number of anilines is 1. The van der Waals surface area contributed by atoms with E-state index in [9.17, 15) is 9.59 Å². The molecule has 23 heavy (non-hydrogen) atoms. The minimum atomic E-state index is -0.437. The number of hydrogen-bond acceptors (Lipinski definition) is 4. The van der Waals surface area contributed by atoms with Crippen molar-refractivity contribution in [1.82, 2.24) is 0 Å². The van der Waals surface area contributed by atoms with Gasteiger partial charge in [-0.2, -0.15) is 0 Å². The third kappa shape index (κ3) is 3.92. The Kier molecular flexibility index (Phi) is 5.80. The van der Waals surface area contributed by atoms with Crippen molar-refractivity contribution in [3.63, 3.8) is 0 Å². The SMILES string of the molecule is CCOC(=O)c1c(NC(=O)CC)sc(C)c1-c1ccc(Cl)cc1. The third-order valence-electron chi connectivity index (χ3n) is 3.27. The average Bonchev–Trinajstić information content (AvgIpc) is 2.84. The maximum atomic E-state index is 12.4. The molecule has 0 aliphatic heterocycles. The van der Waals surface area contributed by atoms with Crippen LogP contribution in [0.1, 0.15) is 35.5 Å². The maximum absolute atomic E-state index is 12.4. The quantitative estimate of drug-likeness (QED) is 0.779. The summed E-state index contributed by atoms with van der Waals surface area (Å²) in [4.78, 5) is 25.1. The number of halogens is 1. The number of ether oxygens (including phenoxy) is 1. The molecule has 4 nitrogen and oxygen atoms in total. The Balaban J connectivity index is 2.57. The van der Waals surface area contributed by atoms with Crippen LogP contribution in [0.4, 0.5) is 5.00 Å². The van der Waals surface area contributed by atoms with Gasteiger partial charge < -0.3 is 10.1 Å². The first-order valence-corrected chi connectivity index (χ1v) is 8.53. The van der Waals surface area contributed by atoms with E-state index in [4.69, 9.17) is 16.3 Å². The van der Waals surface area contributed by atoms with Gasteiger partial charge in [-0.15, -0.1) is 11.3 Å². The second-order valence-electron chi connectivity index (χ2n) is 4.87. The molecule has 1 amide bonds. The molecule has 0 aliphatic carbocycles. The predicted octanol–water partition coefficient (Wildman–Crippen LogP) is 4.90. The van der Waals surface area contributed by atoms with Crippen LogP contribution < -0.4 is 5.32 Å². The molecule has 0 saturated carbocycles. The summed E-state index contributed by atoms with van der Waals surface area (Å²) in [6, 6.07) is 7.25. The second kappa shape index (κ2) is 7.62. The van der Waals surface area contributed by atoms with Gasteiger partial charge in [0.15, 0.2) is 0 Å². The minimum Gasteiger partial charge on any atom is -0.462 e. The molecule has 0 aliphatic rings. The van der Waals surface area contributed by atoms with Gasteiger partial charge in [0.2, 0.25) is 5.91 Å². The minimum absolute atomic E-state index is 0.139. The molecule has 1 aromatic carbocycles. The Morgan fingerprint density at radius 2 is 1.87 bits per heavy atom. The van der Waals surface area contributed by atoms with Crippen molar-refractivity contribution in [3.8, 4) is 11.1 Å². The monoisotopic (exact) mass is 351 g/mol. The van der Waals surface area contributed by atoms with Gasteiger partial charge in [0.1, 0.15) is 10.6 Å². The molecule has 6 heteroatoms. The van der Waals surface area contributed by atoms with Crippen molar-refractivity contribution in [2.24, 2.45) is 0 Å². The summed E-state index contributed by atoms with van der Waals surface area (Å²) in [6.07, 6.45) is 0.343. The highest BCUT2D eigenvalue weighted by atomic mass is 35.5. The fraction of sp³-hybridized carbons (Fsp3) is 0.294. The van der Waals surface area contributed by atoms with Crippen LogP contribution in [0.5, 0.6) is 0 Å². The van der Waals surface area contributed by atoms with Gasteiger partial charge in [-0.1, -0.05) is 30.7 Å². The molecule has 0 radical (unpaired) electrons. The van der Waals surface area contributed by atoms with Crippen molar-refractivity contribution in [2.75, 3.05) is 11.9 Å². The lowest BCUT2D eigenvalue weighted by atomic mass is 10.0. The lowest BCUT2D eigenvalue weighted by Crippen LogP contribution is -2.13. The number of hydrogen-bond donors (Lipinski definition) is 1. The van der Waals surface area contributed by atoms with Crippen LogP contribution in [0, 0.1) is 6.92 Å². The first kappa shape index (κ1) is 17.5. The number of carbonyl (C=O) groups is 2. The molecule has 0 unspecified atom stereocenters. The number of rotatable bonds is 5. The van der Waals surface area contributed by atoms with E-state index < -0.39 is 5.97 Å². The summed E-state index contributed by atoms with van der Waals surface area (Å²) in [5.41, 5.74) is 2.04. The van der Waals surface area contributed by atoms with Crippen molar-refractivity contribution < 1.29 is 14.3 Å². The molecule has 0 saturated heterocycles. The number of esters is 1. The summed E-state index contributed by atoms with van der Waals surface area (Å²) >= 11 is 7.31. The summed E-state index contributed by atoms with van der Waals surface area (Å²) < 4.78 is 5.17. The molecule has 1 aromatic heterocycles. The first-order chi connectivity index (χ1) is 11.0. The zero-order valence-corrected chi connectivity index (χ0v) is 14.8. The lowest BCUT2D eigenvalue weighted by molar-refractivity contribution is -0.115. The average molecular weight is 352 g/mol. The van der Waals surface area contributed by atoms with Crippen LogP contribution in [-0.2, 0) is 9.53 Å². The molecule has 2 aromatic rings. The Morgan fingerprint density at radius 1 is 1.22 bits per heavy atom. The lowest BCUT2D eigenvalue weighted by Gasteiger charge is -2.09. The number of carbonyl (C=O) groups excluding carboxylic acids is 2. The molecule has 0 fully saturated rings. The van der Waals surface area contributed by atoms with Crippen LogP contribution in [0.2, 0.25) is 5.02 Å². The van der Waals surface area contributed by atoms with E-state index in [1.54, 1.807) is 26.0 Å². The predicted molar refractivity (Wildman–Crippen MR) is 94.4 cm³/mol. The number of benzene rings is 1. The van der Waals surface area contributed by atoms with E-state index >= 15 is 0 Å². The normalized spacial score (nSPS) is 10.4. The molecule has 0 bridgehead atoms. The van der Waals surface area contributed by atoms with Gasteiger partial charge in [-0.05, 0) is 31.5 Å². The zero-order chi connectivity index (χ0) is 17.0. The Morgan fingerprint density at radius 3 is 2.43 bits per heavy atom. The van der Waals surface area contributed by atoms with Crippen LogP contribution in [0.25, 0.3) is 11.1 Å². The standard InChI is InChI=1S/C17H18ClNO3S/c1-4-13(20)19-16-15(17(21)22-5-2)14(10(3)23-16)11-6-8-12(18)9-7-11/h6-9H,4-5H2,1-3H3,(H,19,20). The van der Waals surface area contributed by atoms with E-state index in [1.807, 2.05) is 19.1 Å². The van der Waals surface area contributed by atoms with Crippen LogP contribution in [0.15, 0.2) is 24.3 Å². The van der Waals surface area contributed by atoms with Crippen molar-refractivity contribution in [3.05, 3.63) is 39.7 Å². The zero-order valence-electron chi connectivity index (χ0n) is 13.2. The Hall–Kier alpha value is -1.85. The topological polar surface area (TPSA) is 55.4 Å². The summed E-state index contributed by atoms with van der Waals surface area (Å²) in [6.45, 7) is 5.71. The van der Waals surface area contributed by atoms with E-state index in [0.717, 1.165) is 16.0 Å². The van der Waals surface area contributed by atoms with Crippen LogP contribution >= 0.6 is 22.9 Å². The summed E-state index contributed by atoms with van der Waals surface area (Å²) in [5.74, 6) is -0.576. The van der Waals surface area contributed by atoms with E-state index in [-0.39, 0.29) is 12.5 Å². The van der Waals surface area contributed by atoms with Gasteiger partial charge >= 0.3 is 5.97 Å². The van der Waals surface area contributed by atoms with Crippen molar-refractivity contribution in [1.29, 1.82) is 0 Å². The highest BCUT2D eigenvalue weighted by Crippen LogP contribution is 2.40. The molecule has 2 rings (SSSR count). The van der Waals surface area contributed by atoms with Gasteiger partial charge in [0.05, 0.1) is 6.61 Å². The number of amides is 1. The molecular weight excluding hydrogens is 334 g/mol. The summed E-state index contributed by atoms with van der Waals surface area (Å²) in [5, 5.41) is 3.94. The van der Waals surface area contributed by atoms with Crippen molar-refractivity contribution in [2.45, 2.75) is 27.2 Å². The van der Waals surface area contributed by atoms with E-state index in [1.165, 1.54) is 11.3 Å². The fourth-order valence-corrected chi connectivity index (χ4v) is 3.42.